The van der Waals surface area contributed by atoms with E-state index in [1.54, 1.807) is 0 Å². The van der Waals surface area contributed by atoms with Crippen LogP contribution in [0, 0.1) is 67.5 Å². The first-order valence-electron chi connectivity index (χ1n) is 14.8. The molecule has 0 aromatic rings. The van der Waals surface area contributed by atoms with Gasteiger partial charge in [-0.3, -0.25) is 14.4 Å². The number of carbonyl (C=O) groups is 3. The van der Waals surface area contributed by atoms with E-state index in [-0.39, 0.29) is 68.1 Å². The lowest BCUT2D eigenvalue weighted by molar-refractivity contribution is -0.227. The summed E-state index contributed by atoms with van der Waals surface area (Å²) >= 11 is 0. The number of esters is 1. The molecule has 0 N–H and O–H groups in total. The minimum atomic E-state index is -0.615. The molecule has 0 heterocycles. The van der Waals surface area contributed by atoms with E-state index >= 15 is 0 Å². The van der Waals surface area contributed by atoms with E-state index in [4.69, 9.17) is 4.74 Å². The van der Waals surface area contributed by atoms with Gasteiger partial charge in [-0.25, -0.2) is 0 Å². The summed E-state index contributed by atoms with van der Waals surface area (Å²) in [6.07, 6.45) is 9.42. The van der Waals surface area contributed by atoms with E-state index in [9.17, 15) is 19.6 Å². The summed E-state index contributed by atoms with van der Waals surface area (Å²) in [6.45, 7) is 17.6. The van der Waals surface area contributed by atoms with Gasteiger partial charge in [0, 0.05) is 30.1 Å². The van der Waals surface area contributed by atoms with Gasteiger partial charge in [0.05, 0.1) is 12.2 Å². The van der Waals surface area contributed by atoms with Crippen molar-refractivity contribution < 1.29 is 19.1 Å². The molecule has 5 heteroatoms. The van der Waals surface area contributed by atoms with Gasteiger partial charge in [-0.05, 0) is 84.4 Å². The number of ketones is 2. The molecule has 0 aliphatic heterocycles. The summed E-state index contributed by atoms with van der Waals surface area (Å²) in [5.74, 6) is 0.434. The fraction of sp³-hybridized carbons (Fsp3) is 0.818. The van der Waals surface area contributed by atoms with Crippen LogP contribution in [-0.4, -0.2) is 24.1 Å². The quantitative estimate of drug-likeness (QED) is 0.371. The highest BCUT2D eigenvalue weighted by atomic mass is 16.5. The van der Waals surface area contributed by atoms with E-state index < -0.39 is 5.41 Å². The number of rotatable bonds is 2. The normalized spacial score (nSPS) is 46.9. The molecule has 4 fully saturated rings. The highest BCUT2D eigenvalue weighted by Crippen LogP contribution is 2.75. The van der Waals surface area contributed by atoms with E-state index in [0.29, 0.717) is 18.8 Å². The standard InChI is InChI=1S/C33H47NO4/c1-20(35)38-19-33-13-11-28(2,3)17-22(33)26-23(36)15-25-30(6)16-21(18-34)27(37)29(4,5)24(30)9-10-31(25,7)32(26,8)12-14-33/h16,22,24-26H,9-15,17,19H2,1-8H3/t22?,24-,25+,26?,30-,31+,32+,33+/m0/s1. The molecule has 5 rings (SSSR count). The van der Waals surface area contributed by atoms with Crippen LogP contribution in [0.5, 0.6) is 0 Å². The maximum absolute atomic E-state index is 14.5. The number of fused-ring (bicyclic) bond motifs is 7. The minimum Gasteiger partial charge on any atom is -0.465 e. The molecule has 38 heavy (non-hydrogen) atoms. The minimum absolute atomic E-state index is 0.0466. The van der Waals surface area contributed by atoms with Crippen molar-refractivity contribution in [2.24, 2.45) is 56.2 Å². The van der Waals surface area contributed by atoms with Gasteiger partial charge in [-0.15, -0.1) is 0 Å². The van der Waals surface area contributed by atoms with Crippen molar-refractivity contribution in [3.8, 4) is 6.07 Å². The van der Waals surface area contributed by atoms with E-state index in [1.807, 2.05) is 19.9 Å². The van der Waals surface area contributed by atoms with Crippen LogP contribution in [-0.2, 0) is 19.1 Å². The van der Waals surface area contributed by atoms with Crippen molar-refractivity contribution in [2.75, 3.05) is 6.61 Å². The van der Waals surface area contributed by atoms with E-state index in [2.05, 4.69) is 40.7 Å². The van der Waals surface area contributed by atoms with Crippen LogP contribution in [0.3, 0.4) is 0 Å². The Hall–Kier alpha value is -1.96. The zero-order valence-corrected chi connectivity index (χ0v) is 24.8. The number of hydrogen-bond acceptors (Lipinski definition) is 5. The van der Waals surface area contributed by atoms with Crippen LogP contribution < -0.4 is 0 Å². The van der Waals surface area contributed by atoms with Gasteiger partial charge in [-0.2, -0.15) is 5.26 Å². The van der Waals surface area contributed by atoms with Gasteiger partial charge in [0.2, 0.25) is 0 Å². The second-order valence-electron chi connectivity index (χ2n) is 15.8. The van der Waals surface area contributed by atoms with Crippen molar-refractivity contribution in [3.63, 3.8) is 0 Å². The highest BCUT2D eigenvalue weighted by Gasteiger charge is 2.72. The number of allylic oxidation sites excluding steroid dienone is 2. The SMILES string of the molecule is CC(=O)OC[C@]12CCC(C)(C)CC1C1C(=O)C[C@@H]3[C@@]4(C)C=C(C#N)C(=O)C(C)(C)[C@@H]4CC[C@@]3(C)[C@]1(C)CC2. The Balaban J connectivity index is 1.61. The third kappa shape index (κ3) is 3.50. The van der Waals surface area contributed by atoms with Gasteiger partial charge < -0.3 is 4.74 Å². The Bertz CT molecular complexity index is 1160. The molecule has 5 nitrogen and oxygen atoms in total. The highest BCUT2D eigenvalue weighted by molar-refractivity contribution is 6.04. The Kier molecular flexibility index (Phi) is 6.01. The molecule has 0 spiro atoms. The number of nitriles is 1. The molecule has 208 valence electrons. The zero-order chi connectivity index (χ0) is 28.1. The third-order valence-corrected chi connectivity index (χ3v) is 13.2. The van der Waals surface area contributed by atoms with Crippen LogP contribution in [0.15, 0.2) is 11.6 Å². The van der Waals surface area contributed by atoms with Crippen LogP contribution in [0.1, 0.15) is 107 Å². The Morgan fingerprint density at radius 2 is 1.63 bits per heavy atom. The molecule has 0 saturated heterocycles. The smallest absolute Gasteiger partial charge is 0.302 e. The predicted molar refractivity (Wildman–Crippen MR) is 146 cm³/mol. The first-order chi connectivity index (χ1) is 17.5. The maximum Gasteiger partial charge on any atom is 0.302 e. The maximum atomic E-state index is 14.5. The number of nitrogens with zero attached hydrogens (tertiary/aromatic N) is 1. The summed E-state index contributed by atoms with van der Waals surface area (Å²) in [4.78, 5) is 39.6. The molecular formula is C33H47NO4. The number of hydrogen-bond donors (Lipinski definition) is 0. The molecule has 4 saturated carbocycles. The third-order valence-electron chi connectivity index (χ3n) is 13.2. The molecule has 5 aliphatic rings. The second-order valence-corrected chi connectivity index (χ2v) is 15.8. The first-order valence-corrected chi connectivity index (χ1v) is 14.8. The molecule has 0 bridgehead atoms. The molecule has 0 aromatic heterocycles. The first kappa shape index (κ1) is 27.6. The average molecular weight is 522 g/mol. The average Bonchev–Trinajstić information content (AvgIpc) is 2.82. The summed E-state index contributed by atoms with van der Waals surface area (Å²) in [5.41, 5.74) is -0.950. The van der Waals surface area contributed by atoms with Gasteiger partial charge >= 0.3 is 5.97 Å². The molecule has 5 aliphatic carbocycles. The lowest BCUT2D eigenvalue weighted by Gasteiger charge is -2.72. The van der Waals surface area contributed by atoms with Gasteiger partial charge in [0.1, 0.15) is 11.9 Å². The van der Waals surface area contributed by atoms with Crippen molar-refractivity contribution in [1.82, 2.24) is 0 Å². The zero-order valence-electron chi connectivity index (χ0n) is 24.8. The summed E-state index contributed by atoms with van der Waals surface area (Å²) < 4.78 is 5.71. The topological polar surface area (TPSA) is 84.2 Å². The Labute approximate surface area is 229 Å². The van der Waals surface area contributed by atoms with Gasteiger partial charge in [0.25, 0.3) is 0 Å². The monoisotopic (exact) mass is 521 g/mol. The molecule has 0 amide bonds. The number of carbonyl (C=O) groups excluding carboxylic acids is 3. The molecule has 0 radical (unpaired) electrons. The van der Waals surface area contributed by atoms with Crippen LogP contribution >= 0.6 is 0 Å². The summed E-state index contributed by atoms with van der Waals surface area (Å²) in [5, 5.41) is 9.90. The van der Waals surface area contributed by atoms with E-state index in [1.165, 1.54) is 6.92 Å². The van der Waals surface area contributed by atoms with Crippen LogP contribution in [0.4, 0.5) is 0 Å². The molecule has 0 aromatic carbocycles. The summed E-state index contributed by atoms with van der Waals surface area (Å²) in [7, 11) is 0. The Morgan fingerprint density at radius 1 is 0.974 bits per heavy atom. The lowest BCUT2D eigenvalue weighted by Crippen LogP contribution is -2.69. The van der Waals surface area contributed by atoms with Crippen molar-refractivity contribution in [3.05, 3.63) is 11.6 Å². The van der Waals surface area contributed by atoms with Crippen molar-refractivity contribution in [2.45, 2.75) is 107 Å². The van der Waals surface area contributed by atoms with Gasteiger partial charge in [-0.1, -0.05) is 54.5 Å². The second kappa shape index (κ2) is 8.28. The Morgan fingerprint density at radius 3 is 2.26 bits per heavy atom. The largest absolute Gasteiger partial charge is 0.465 e. The molecule has 8 atom stereocenters. The fourth-order valence-corrected chi connectivity index (χ4v) is 10.9. The lowest BCUT2D eigenvalue weighted by atomic mass is 9.31. The van der Waals surface area contributed by atoms with Crippen molar-refractivity contribution in [1.29, 1.82) is 5.26 Å². The number of Topliss-reactive ketones (excluding diaryl/α,β-unsaturated/α-hetero) is 2. The van der Waals surface area contributed by atoms with Gasteiger partial charge in [0.15, 0.2) is 5.78 Å². The number of ether oxygens (including phenoxy) is 1. The fourth-order valence-electron chi connectivity index (χ4n) is 10.9. The van der Waals surface area contributed by atoms with Crippen LogP contribution in [0.2, 0.25) is 0 Å². The predicted octanol–water partition coefficient (Wildman–Crippen LogP) is 6.85. The summed E-state index contributed by atoms with van der Waals surface area (Å²) in [6, 6.07) is 2.21. The molecule has 2 unspecified atom stereocenters. The van der Waals surface area contributed by atoms with Crippen LogP contribution in [0.25, 0.3) is 0 Å². The molecular weight excluding hydrogens is 474 g/mol. The van der Waals surface area contributed by atoms with Crippen molar-refractivity contribution >= 4 is 17.5 Å². The van der Waals surface area contributed by atoms with E-state index in [0.717, 1.165) is 44.9 Å².